The van der Waals surface area contributed by atoms with Crippen LogP contribution in [0.4, 0.5) is 26.3 Å². The minimum Gasteiger partial charge on any atom is -0.476 e. The van der Waals surface area contributed by atoms with E-state index in [0.29, 0.717) is 32.7 Å². The van der Waals surface area contributed by atoms with Crippen LogP contribution in [0, 0.1) is 0 Å². The first-order chi connectivity index (χ1) is 17.2. The van der Waals surface area contributed by atoms with E-state index in [1.165, 1.54) is 38.1 Å². The fourth-order valence-corrected chi connectivity index (χ4v) is 4.07. The van der Waals surface area contributed by atoms with Crippen LogP contribution in [-0.2, 0) is 35.0 Å². The lowest BCUT2D eigenvalue weighted by Gasteiger charge is -2.35. The van der Waals surface area contributed by atoms with Crippen LogP contribution < -0.4 is 4.74 Å². The molecule has 0 spiro atoms. The summed E-state index contributed by atoms with van der Waals surface area (Å²) in [7, 11) is 0. The van der Waals surface area contributed by atoms with Crippen LogP contribution >= 0.6 is 0 Å². The summed E-state index contributed by atoms with van der Waals surface area (Å²) >= 11 is 0. The van der Waals surface area contributed by atoms with E-state index in [0.717, 1.165) is 23.8 Å². The molecular formula is C26H30F6N2O3. The number of esters is 1. The number of benzene rings is 2. The Morgan fingerprint density at radius 1 is 0.838 bits per heavy atom. The van der Waals surface area contributed by atoms with Crippen molar-refractivity contribution >= 4 is 5.97 Å². The van der Waals surface area contributed by atoms with Gasteiger partial charge in [0.25, 0.3) is 0 Å². The lowest BCUT2D eigenvalue weighted by Crippen LogP contribution is -2.45. The normalized spacial score (nSPS) is 16.0. The first-order valence-corrected chi connectivity index (χ1v) is 11.9. The summed E-state index contributed by atoms with van der Waals surface area (Å²) in [6, 6.07) is 8.64. The van der Waals surface area contributed by atoms with Crippen molar-refractivity contribution in [1.29, 1.82) is 0 Å². The second-order valence-electron chi connectivity index (χ2n) is 9.40. The summed E-state index contributed by atoms with van der Waals surface area (Å²) in [4.78, 5) is 16.0. The molecule has 1 aliphatic heterocycles. The number of carbonyl (C=O) groups is 1. The summed E-state index contributed by atoms with van der Waals surface area (Å²) in [6.45, 7) is 7.28. The van der Waals surface area contributed by atoms with Crippen molar-refractivity contribution in [3.63, 3.8) is 0 Å². The quantitative estimate of drug-likeness (QED) is 0.319. The van der Waals surface area contributed by atoms with E-state index < -0.39 is 35.0 Å². The summed E-state index contributed by atoms with van der Waals surface area (Å²) < 4.78 is 90.3. The van der Waals surface area contributed by atoms with Crippen LogP contribution in [0.15, 0.2) is 42.5 Å². The van der Waals surface area contributed by atoms with Gasteiger partial charge in [0.05, 0.1) is 17.7 Å². The Kier molecular flexibility index (Phi) is 8.79. The molecule has 2 aromatic carbocycles. The molecule has 0 amide bonds. The summed E-state index contributed by atoms with van der Waals surface area (Å²) in [5.74, 6) is -0.766. The summed E-state index contributed by atoms with van der Waals surface area (Å²) in [5.41, 5.74) is -2.17. The highest BCUT2D eigenvalue weighted by molar-refractivity contribution is 5.79. The molecule has 0 saturated carbocycles. The van der Waals surface area contributed by atoms with E-state index in [1.54, 1.807) is 6.92 Å². The van der Waals surface area contributed by atoms with Crippen LogP contribution in [0.1, 0.15) is 43.0 Å². The van der Waals surface area contributed by atoms with Crippen LogP contribution in [0.2, 0.25) is 0 Å². The predicted molar refractivity (Wildman–Crippen MR) is 125 cm³/mol. The molecule has 1 saturated heterocycles. The van der Waals surface area contributed by atoms with E-state index in [2.05, 4.69) is 4.90 Å². The first kappa shape index (κ1) is 28.8. The lowest BCUT2D eigenvalue weighted by molar-refractivity contribution is -0.158. The van der Waals surface area contributed by atoms with E-state index in [4.69, 9.17) is 9.47 Å². The Morgan fingerprint density at radius 3 is 1.92 bits per heavy atom. The largest absolute Gasteiger partial charge is 0.476 e. The topological polar surface area (TPSA) is 42.0 Å². The number of nitrogens with zero attached hydrogens (tertiary/aromatic N) is 2. The molecule has 3 rings (SSSR count). The van der Waals surface area contributed by atoms with Crippen molar-refractivity contribution in [3.8, 4) is 5.75 Å². The monoisotopic (exact) mass is 532 g/mol. The van der Waals surface area contributed by atoms with Gasteiger partial charge in [-0.2, -0.15) is 26.3 Å². The molecule has 11 heteroatoms. The van der Waals surface area contributed by atoms with Crippen molar-refractivity contribution in [2.75, 3.05) is 32.8 Å². The van der Waals surface area contributed by atoms with Gasteiger partial charge in [-0.25, -0.2) is 4.79 Å². The number of carbonyl (C=O) groups excluding carboxylic acids is 1. The molecule has 0 atom stereocenters. The van der Waals surface area contributed by atoms with Crippen molar-refractivity contribution in [3.05, 3.63) is 64.7 Å². The van der Waals surface area contributed by atoms with Gasteiger partial charge in [-0.05, 0) is 56.2 Å². The third kappa shape index (κ3) is 7.85. The molecule has 1 aliphatic rings. The Morgan fingerprint density at radius 2 is 1.41 bits per heavy atom. The molecule has 0 aliphatic carbocycles. The van der Waals surface area contributed by atoms with Gasteiger partial charge in [-0.3, -0.25) is 9.80 Å². The molecule has 204 valence electrons. The van der Waals surface area contributed by atoms with Gasteiger partial charge in [0.2, 0.25) is 0 Å². The summed E-state index contributed by atoms with van der Waals surface area (Å²) in [5, 5.41) is 0. The highest BCUT2D eigenvalue weighted by Crippen LogP contribution is 2.36. The average molecular weight is 533 g/mol. The van der Waals surface area contributed by atoms with Crippen LogP contribution in [0.3, 0.4) is 0 Å². The third-order valence-corrected chi connectivity index (χ3v) is 6.07. The fraction of sp³-hybridized carbons (Fsp3) is 0.500. The average Bonchev–Trinajstić information content (AvgIpc) is 2.80. The lowest BCUT2D eigenvalue weighted by atomic mass is 10.0. The van der Waals surface area contributed by atoms with Crippen molar-refractivity contribution in [2.45, 2.75) is 51.8 Å². The molecule has 0 bridgehead atoms. The fourth-order valence-electron chi connectivity index (χ4n) is 4.07. The van der Waals surface area contributed by atoms with Gasteiger partial charge in [0.15, 0.2) is 5.60 Å². The van der Waals surface area contributed by atoms with Gasteiger partial charge in [-0.1, -0.05) is 18.2 Å². The Labute approximate surface area is 211 Å². The van der Waals surface area contributed by atoms with Gasteiger partial charge < -0.3 is 9.47 Å². The zero-order valence-corrected chi connectivity index (χ0v) is 20.9. The minimum absolute atomic E-state index is 0.0739. The summed E-state index contributed by atoms with van der Waals surface area (Å²) in [6.07, 6.45) is -9.01. The van der Waals surface area contributed by atoms with Gasteiger partial charge >= 0.3 is 18.3 Å². The highest BCUT2D eigenvalue weighted by Gasteiger charge is 2.36. The number of ether oxygens (including phenoxy) is 2. The molecule has 2 aromatic rings. The number of alkyl halides is 6. The number of rotatable bonds is 8. The highest BCUT2D eigenvalue weighted by atomic mass is 19.4. The zero-order chi connectivity index (χ0) is 27.4. The Hall–Kier alpha value is -2.79. The van der Waals surface area contributed by atoms with Crippen molar-refractivity contribution in [1.82, 2.24) is 9.80 Å². The predicted octanol–water partition coefficient (Wildman–Crippen LogP) is 5.76. The number of piperazine rings is 1. The van der Waals surface area contributed by atoms with E-state index >= 15 is 0 Å². The second kappa shape index (κ2) is 11.3. The number of halogens is 6. The molecule has 5 nitrogen and oxygen atoms in total. The van der Waals surface area contributed by atoms with Crippen LogP contribution in [0.25, 0.3) is 0 Å². The minimum atomic E-state index is -4.62. The van der Waals surface area contributed by atoms with Crippen LogP contribution in [-0.4, -0.2) is 54.2 Å². The maximum absolute atomic E-state index is 13.9. The SMILES string of the molecule is CCOC(=O)C(C)(C)Oc1ccc(CN2CCN(Cc3ccc(C(F)(F)F)cc3)CC2)c(C(F)(F)F)c1. The van der Waals surface area contributed by atoms with Crippen molar-refractivity contribution in [2.24, 2.45) is 0 Å². The van der Waals surface area contributed by atoms with Gasteiger partial charge in [0.1, 0.15) is 5.75 Å². The first-order valence-electron chi connectivity index (χ1n) is 11.9. The van der Waals surface area contributed by atoms with E-state index in [1.807, 2.05) is 4.90 Å². The molecule has 0 aromatic heterocycles. The van der Waals surface area contributed by atoms with E-state index in [9.17, 15) is 31.1 Å². The maximum Gasteiger partial charge on any atom is 0.416 e. The molecule has 37 heavy (non-hydrogen) atoms. The third-order valence-electron chi connectivity index (χ3n) is 6.07. The molecular weight excluding hydrogens is 502 g/mol. The molecule has 0 radical (unpaired) electrons. The second-order valence-corrected chi connectivity index (χ2v) is 9.40. The number of hydrogen-bond acceptors (Lipinski definition) is 5. The molecule has 1 fully saturated rings. The molecule has 0 unspecified atom stereocenters. The number of hydrogen-bond donors (Lipinski definition) is 0. The molecule has 1 heterocycles. The Bertz CT molecular complexity index is 1060. The van der Waals surface area contributed by atoms with Crippen LogP contribution in [0.5, 0.6) is 5.75 Å². The zero-order valence-electron chi connectivity index (χ0n) is 20.9. The van der Waals surface area contributed by atoms with Gasteiger partial charge in [-0.15, -0.1) is 0 Å². The Balaban J connectivity index is 1.62. The van der Waals surface area contributed by atoms with E-state index in [-0.39, 0.29) is 24.5 Å². The maximum atomic E-state index is 13.9. The molecule has 0 N–H and O–H groups in total. The smallest absolute Gasteiger partial charge is 0.416 e. The standard InChI is InChI=1S/C26H30F6N2O3/c1-4-36-23(35)24(2,3)37-21-10-7-19(22(15-21)26(30,31)32)17-34-13-11-33(12-14-34)16-18-5-8-20(9-6-18)25(27,28)29/h5-10,15H,4,11-14,16-17H2,1-3H3. The van der Waals surface area contributed by atoms with Gasteiger partial charge in [0, 0.05) is 39.3 Å². The van der Waals surface area contributed by atoms with Crippen molar-refractivity contribution < 1.29 is 40.6 Å².